The van der Waals surface area contributed by atoms with Crippen molar-refractivity contribution in [2.45, 2.75) is 4.90 Å². The topological polar surface area (TPSA) is 105 Å². The van der Waals surface area contributed by atoms with Crippen LogP contribution < -0.4 is 14.2 Å². The lowest BCUT2D eigenvalue weighted by Crippen LogP contribution is -2.29. The molecule has 3 rings (SSSR count). The molecule has 0 bridgehead atoms. The first-order valence-corrected chi connectivity index (χ1v) is 9.11. The molecule has 7 nitrogen and oxygen atoms in total. The summed E-state index contributed by atoms with van der Waals surface area (Å²) >= 11 is 0. The minimum Gasteiger partial charge on any atom is -0.486 e. The molecule has 1 aliphatic rings. The number of nitrogens with one attached hydrogen (secondary N) is 1. The Hall–Kier alpha value is -3.31. The number of nitriles is 1. The van der Waals surface area contributed by atoms with Crippen molar-refractivity contribution in [3.63, 3.8) is 0 Å². The quantitative estimate of drug-likeness (QED) is 0.824. The normalized spacial score (nSPS) is 13.2. The van der Waals surface area contributed by atoms with Crippen molar-refractivity contribution in [1.29, 1.82) is 5.26 Å². The number of ether oxygens (including phenoxy) is 2. The minimum absolute atomic E-state index is 0.110. The number of carbonyl (C=O) groups excluding carboxylic acids is 1. The van der Waals surface area contributed by atoms with Crippen LogP contribution in [-0.2, 0) is 14.8 Å². The van der Waals surface area contributed by atoms with E-state index in [0.717, 1.165) is 6.08 Å². The van der Waals surface area contributed by atoms with Gasteiger partial charge in [0.2, 0.25) is 0 Å². The van der Waals surface area contributed by atoms with Crippen LogP contribution in [0.4, 0.5) is 0 Å². The number of hydrogen-bond acceptors (Lipinski definition) is 6. The Morgan fingerprint density at radius 3 is 2.62 bits per heavy atom. The van der Waals surface area contributed by atoms with Crippen molar-refractivity contribution >= 4 is 22.0 Å². The van der Waals surface area contributed by atoms with Gasteiger partial charge in [0, 0.05) is 12.1 Å². The van der Waals surface area contributed by atoms with Crippen molar-refractivity contribution in [2.24, 2.45) is 0 Å². The van der Waals surface area contributed by atoms with E-state index in [1.165, 1.54) is 24.3 Å². The zero-order chi connectivity index (χ0) is 18.6. The summed E-state index contributed by atoms with van der Waals surface area (Å²) in [5.41, 5.74) is 0.896. The lowest BCUT2D eigenvalue weighted by molar-refractivity contribution is -0.114. The summed E-state index contributed by atoms with van der Waals surface area (Å²) in [6, 6.07) is 12.8. The zero-order valence-corrected chi connectivity index (χ0v) is 14.3. The maximum absolute atomic E-state index is 12.3. The monoisotopic (exact) mass is 370 g/mol. The summed E-state index contributed by atoms with van der Waals surface area (Å²) in [5.74, 6) is -0.0628. The predicted octanol–water partition coefficient (Wildman–Crippen LogP) is 1.85. The van der Waals surface area contributed by atoms with E-state index in [4.69, 9.17) is 14.7 Å². The van der Waals surface area contributed by atoms with Crippen LogP contribution in [0.2, 0.25) is 0 Å². The predicted molar refractivity (Wildman–Crippen MR) is 93.0 cm³/mol. The molecule has 0 unspecified atom stereocenters. The highest BCUT2D eigenvalue weighted by Crippen LogP contribution is 2.32. The van der Waals surface area contributed by atoms with Gasteiger partial charge in [-0.1, -0.05) is 18.2 Å². The molecule has 1 aliphatic heterocycles. The van der Waals surface area contributed by atoms with Gasteiger partial charge >= 0.3 is 0 Å². The average molecular weight is 370 g/mol. The van der Waals surface area contributed by atoms with E-state index >= 15 is 0 Å². The molecule has 1 N–H and O–H groups in total. The highest BCUT2D eigenvalue weighted by atomic mass is 32.2. The molecule has 1 amide bonds. The Morgan fingerprint density at radius 2 is 1.85 bits per heavy atom. The maximum atomic E-state index is 12.3. The summed E-state index contributed by atoms with van der Waals surface area (Å²) in [6.45, 7) is 0.717. The standard InChI is InChI=1S/C18H14N2O5S/c19-12-14-4-2-1-3-13(14)5-8-18(21)20-26(22,23)15-6-7-16-17(11-15)25-10-9-24-16/h1-8,11H,9-10H2,(H,20,21). The third-order valence-corrected chi connectivity index (χ3v) is 4.90. The first-order chi connectivity index (χ1) is 12.5. The average Bonchev–Trinajstić information content (AvgIpc) is 2.65. The van der Waals surface area contributed by atoms with Gasteiger partial charge in [-0.15, -0.1) is 0 Å². The molecule has 26 heavy (non-hydrogen) atoms. The molecule has 0 atom stereocenters. The van der Waals surface area contributed by atoms with E-state index in [1.54, 1.807) is 24.3 Å². The molecule has 0 saturated carbocycles. The Balaban J connectivity index is 1.76. The van der Waals surface area contributed by atoms with Gasteiger partial charge < -0.3 is 9.47 Å². The van der Waals surface area contributed by atoms with E-state index in [2.05, 4.69) is 0 Å². The maximum Gasteiger partial charge on any atom is 0.264 e. The van der Waals surface area contributed by atoms with E-state index in [-0.39, 0.29) is 4.90 Å². The van der Waals surface area contributed by atoms with Gasteiger partial charge in [0.15, 0.2) is 11.5 Å². The summed E-state index contributed by atoms with van der Waals surface area (Å²) in [7, 11) is -4.06. The first kappa shape index (κ1) is 17.5. The molecule has 0 radical (unpaired) electrons. The van der Waals surface area contributed by atoms with Crippen LogP contribution >= 0.6 is 0 Å². The second kappa shape index (κ2) is 7.29. The van der Waals surface area contributed by atoms with Crippen molar-refractivity contribution in [3.8, 4) is 17.6 Å². The van der Waals surface area contributed by atoms with Gasteiger partial charge in [-0.25, -0.2) is 13.1 Å². The van der Waals surface area contributed by atoms with Crippen LogP contribution in [0.15, 0.2) is 53.4 Å². The van der Waals surface area contributed by atoms with Gasteiger partial charge in [0.05, 0.1) is 16.5 Å². The third-order valence-electron chi connectivity index (χ3n) is 3.55. The molecular weight excluding hydrogens is 356 g/mol. The second-order valence-corrected chi connectivity index (χ2v) is 6.99. The van der Waals surface area contributed by atoms with Crippen molar-refractivity contribution in [2.75, 3.05) is 13.2 Å². The number of benzene rings is 2. The van der Waals surface area contributed by atoms with Crippen LogP contribution in [0.1, 0.15) is 11.1 Å². The smallest absolute Gasteiger partial charge is 0.264 e. The number of hydrogen-bond donors (Lipinski definition) is 1. The molecule has 0 aliphatic carbocycles. The van der Waals surface area contributed by atoms with Crippen LogP contribution in [-0.4, -0.2) is 27.5 Å². The highest BCUT2D eigenvalue weighted by Gasteiger charge is 2.20. The molecule has 0 spiro atoms. The van der Waals surface area contributed by atoms with E-state index < -0.39 is 15.9 Å². The van der Waals surface area contributed by atoms with Crippen molar-refractivity contribution in [3.05, 3.63) is 59.7 Å². The van der Waals surface area contributed by atoms with Crippen molar-refractivity contribution < 1.29 is 22.7 Å². The number of carbonyl (C=O) groups is 1. The number of fused-ring (bicyclic) bond motifs is 1. The summed E-state index contributed by atoms with van der Waals surface area (Å²) in [6.07, 6.45) is 2.44. The van der Waals surface area contributed by atoms with Crippen LogP contribution in [0.25, 0.3) is 6.08 Å². The fourth-order valence-electron chi connectivity index (χ4n) is 2.33. The Bertz CT molecular complexity index is 1020. The second-order valence-electron chi connectivity index (χ2n) is 5.31. The molecular formula is C18H14N2O5S. The van der Waals surface area contributed by atoms with Crippen LogP contribution in [0, 0.1) is 11.3 Å². The van der Waals surface area contributed by atoms with Gasteiger partial charge in [-0.2, -0.15) is 5.26 Å². The molecule has 2 aromatic rings. The minimum atomic E-state index is -4.06. The fourth-order valence-corrected chi connectivity index (χ4v) is 3.29. The SMILES string of the molecule is N#Cc1ccccc1C=CC(=O)NS(=O)(=O)c1ccc2c(c1)OCCO2. The van der Waals surface area contributed by atoms with E-state index in [9.17, 15) is 13.2 Å². The Labute approximate surface area is 150 Å². The number of rotatable bonds is 4. The van der Waals surface area contributed by atoms with Crippen LogP contribution in [0.5, 0.6) is 11.5 Å². The van der Waals surface area contributed by atoms with E-state index in [1.807, 2.05) is 10.8 Å². The third kappa shape index (κ3) is 3.84. The first-order valence-electron chi connectivity index (χ1n) is 7.63. The lowest BCUT2D eigenvalue weighted by atomic mass is 10.1. The van der Waals surface area contributed by atoms with Crippen molar-refractivity contribution in [1.82, 2.24) is 4.72 Å². The molecule has 2 aromatic carbocycles. The van der Waals surface area contributed by atoms with Gasteiger partial charge in [0.1, 0.15) is 13.2 Å². The zero-order valence-electron chi connectivity index (χ0n) is 13.5. The summed E-state index contributed by atoms with van der Waals surface area (Å²) < 4.78 is 37.3. The molecule has 0 saturated heterocycles. The van der Waals surface area contributed by atoms with Crippen LogP contribution in [0.3, 0.4) is 0 Å². The molecule has 1 heterocycles. The summed E-state index contributed by atoms with van der Waals surface area (Å²) in [4.78, 5) is 11.9. The van der Waals surface area contributed by atoms with Gasteiger partial charge in [0.25, 0.3) is 15.9 Å². The van der Waals surface area contributed by atoms with E-state index in [0.29, 0.717) is 35.8 Å². The molecule has 0 aromatic heterocycles. The largest absolute Gasteiger partial charge is 0.486 e. The van der Waals surface area contributed by atoms with Gasteiger partial charge in [-0.05, 0) is 29.8 Å². The number of sulfonamides is 1. The van der Waals surface area contributed by atoms with Gasteiger partial charge in [-0.3, -0.25) is 4.79 Å². The Kier molecular flexibility index (Phi) is 4.91. The molecule has 132 valence electrons. The number of nitrogens with zero attached hydrogens (tertiary/aromatic N) is 1. The molecule has 8 heteroatoms. The molecule has 0 fully saturated rings. The highest BCUT2D eigenvalue weighted by molar-refractivity contribution is 7.90. The summed E-state index contributed by atoms with van der Waals surface area (Å²) in [5, 5.41) is 9.01. The fraction of sp³-hybridized carbons (Fsp3) is 0.111. The lowest BCUT2D eigenvalue weighted by Gasteiger charge is -2.18. The Morgan fingerprint density at radius 1 is 1.12 bits per heavy atom. The number of amides is 1.